The maximum atomic E-state index is 13.4. The highest BCUT2D eigenvalue weighted by Gasteiger charge is 2.64. The highest BCUT2D eigenvalue weighted by molar-refractivity contribution is 5.83. The number of nitrogens with zero attached hydrogens (tertiary/aromatic N) is 2. The Hall–Kier alpha value is -1.36. The number of esters is 1. The lowest BCUT2D eigenvalue weighted by Gasteiger charge is -2.58. The van der Waals surface area contributed by atoms with E-state index in [4.69, 9.17) is 4.74 Å². The van der Waals surface area contributed by atoms with E-state index in [2.05, 4.69) is 38.8 Å². The second kappa shape index (κ2) is 9.75. The summed E-state index contributed by atoms with van der Waals surface area (Å²) in [6.07, 6.45) is 14.6. The first-order valence-corrected chi connectivity index (χ1v) is 15.0. The average molecular weight is 499 g/mol. The first-order chi connectivity index (χ1) is 17.1. The molecular formula is C31H50N2O3. The Bertz CT molecular complexity index is 900. The maximum Gasteiger partial charge on any atom is 0.303 e. The minimum absolute atomic E-state index is 0.0161. The Kier molecular flexibility index (Phi) is 7.11. The quantitative estimate of drug-likeness (QED) is 0.342. The highest BCUT2D eigenvalue weighted by atomic mass is 16.5. The van der Waals surface area contributed by atoms with Crippen molar-refractivity contribution in [3.8, 4) is 0 Å². The number of hydrogen-bond donors (Lipinski definition) is 0. The van der Waals surface area contributed by atoms with Crippen molar-refractivity contribution in [3.63, 3.8) is 0 Å². The Balaban J connectivity index is 1.31. The van der Waals surface area contributed by atoms with E-state index < -0.39 is 6.10 Å². The Morgan fingerprint density at radius 1 is 1.17 bits per heavy atom. The molecule has 202 valence electrons. The number of allylic oxidation sites excluding steroid dienone is 1. The predicted octanol–water partition coefficient (Wildman–Crippen LogP) is 5.83. The summed E-state index contributed by atoms with van der Waals surface area (Å²) >= 11 is 0. The molecule has 1 heterocycles. The molecule has 36 heavy (non-hydrogen) atoms. The molecule has 9 atom stereocenters. The molecule has 0 bridgehead atoms. The summed E-state index contributed by atoms with van der Waals surface area (Å²) < 4.78 is 5.46. The van der Waals surface area contributed by atoms with Gasteiger partial charge in [0, 0.05) is 32.6 Å². The van der Waals surface area contributed by atoms with Crippen LogP contribution in [0.25, 0.3) is 0 Å². The predicted molar refractivity (Wildman–Crippen MR) is 143 cm³/mol. The van der Waals surface area contributed by atoms with Crippen LogP contribution in [0, 0.1) is 34.5 Å². The summed E-state index contributed by atoms with van der Waals surface area (Å²) in [5, 5.41) is 0. The number of fused-ring (bicyclic) bond motifs is 4. The normalized spacial score (nSPS) is 42.4. The highest BCUT2D eigenvalue weighted by Crippen LogP contribution is 2.68. The van der Waals surface area contributed by atoms with Crippen LogP contribution in [0.2, 0.25) is 0 Å². The van der Waals surface area contributed by atoms with Gasteiger partial charge in [0.05, 0.1) is 0 Å². The minimum Gasteiger partial charge on any atom is -0.452 e. The molecule has 0 N–H and O–H groups in total. The summed E-state index contributed by atoms with van der Waals surface area (Å²) in [7, 11) is 4.29. The number of likely N-dealkylation sites (N-methyl/N-ethyl adjacent to an activating group) is 1. The smallest absolute Gasteiger partial charge is 0.303 e. The number of amides is 1. The van der Waals surface area contributed by atoms with Crippen molar-refractivity contribution in [2.24, 2.45) is 34.5 Å². The number of carbonyl (C=O) groups is 2. The van der Waals surface area contributed by atoms with Gasteiger partial charge in [-0.2, -0.15) is 0 Å². The number of carbonyl (C=O) groups excluding carboxylic acids is 2. The molecule has 5 aliphatic rings. The molecule has 3 saturated carbocycles. The van der Waals surface area contributed by atoms with Crippen LogP contribution >= 0.6 is 0 Å². The van der Waals surface area contributed by atoms with Crippen LogP contribution in [0.1, 0.15) is 98.3 Å². The topological polar surface area (TPSA) is 49.9 Å². The zero-order valence-electron chi connectivity index (χ0n) is 23.7. The van der Waals surface area contributed by atoms with Crippen molar-refractivity contribution >= 4 is 11.9 Å². The Labute approximate surface area is 219 Å². The molecule has 1 aliphatic heterocycles. The van der Waals surface area contributed by atoms with E-state index in [1.165, 1.54) is 52.0 Å². The minimum atomic E-state index is -0.637. The van der Waals surface area contributed by atoms with Crippen LogP contribution in [0.5, 0.6) is 0 Å². The third-order valence-corrected chi connectivity index (χ3v) is 12.0. The van der Waals surface area contributed by atoms with E-state index >= 15 is 0 Å². The monoisotopic (exact) mass is 498 g/mol. The van der Waals surface area contributed by atoms with Crippen molar-refractivity contribution in [2.75, 3.05) is 20.6 Å². The fourth-order valence-corrected chi connectivity index (χ4v) is 10.0. The van der Waals surface area contributed by atoms with E-state index in [9.17, 15) is 9.59 Å². The summed E-state index contributed by atoms with van der Waals surface area (Å²) in [4.78, 5) is 29.6. The number of rotatable bonds is 6. The number of ether oxygens (including phenoxy) is 1. The van der Waals surface area contributed by atoms with E-state index in [1.54, 1.807) is 5.57 Å². The van der Waals surface area contributed by atoms with Gasteiger partial charge in [-0.3, -0.25) is 9.59 Å². The molecule has 4 fully saturated rings. The fraction of sp³-hybridized carbons (Fsp3) is 0.871. The third-order valence-electron chi connectivity index (χ3n) is 12.0. The standard InChI is InChI=1S/C31H50N2O3/c1-7-8-9-28(36-21(3)34)29(35)33(6)23-14-16-30(4)22(18-23)10-11-24-26(30)15-17-31-19-32(5)20(2)25(31)12-13-27(24)31/h10,20,23-28H,7-9,11-19H2,1-6H3/t20-,23-,24+,25+,26-,27-,28?,30-,31-/m0/s1. The van der Waals surface area contributed by atoms with E-state index in [0.717, 1.165) is 55.4 Å². The van der Waals surface area contributed by atoms with Crippen molar-refractivity contribution in [1.82, 2.24) is 9.80 Å². The SMILES string of the molecule is CCCCC(OC(C)=O)C(=O)N(C)[C@H]1CC[C@@]2(C)C(=CC[C@H]3[C@@H]4CC[C@@H]5[C@H](C)N(C)C[C@@]54CC[C@@H]32)C1. The largest absolute Gasteiger partial charge is 0.452 e. The Morgan fingerprint density at radius 2 is 1.92 bits per heavy atom. The number of hydrogen-bond acceptors (Lipinski definition) is 4. The lowest BCUT2D eigenvalue weighted by molar-refractivity contribution is -0.160. The van der Waals surface area contributed by atoms with Crippen LogP contribution in [-0.4, -0.2) is 60.5 Å². The lowest BCUT2D eigenvalue weighted by Crippen LogP contribution is -2.53. The van der Waals surface area contributed by atoms with Gasteiger partial charge in [0.2, 0.25) is 0 Å². The zero-order chi connectivity index (χ0) is 25.8. The van der Waals surface area contributed by atoms with Gasteiger partial charge in [-0.25, -0.2) is 0 Å². The maximum absolute atomic E-state index is 13.4. The molecule has 1 unspecified atom stereocenters. The molecular weight excluding hydrogens is 448 g/mol. The van der Waals surface area contributed by atoms with Gasteiger partial charge in [-0.15, -0.1) is 0 Å². The van der Waals surface area contributed by atoms with Crippen LogP contribution < -0.4 is 0 Å². The van der Waals surface area contributed by atoms with Crippen molar-refractivity contribution in [2.45, 2.75) is 117 Å². The third kappa shape index (κ3) is 4.07. The lowest BCUT2D eigenvalue weighted by atomic mass is 9.47. The van der Waals surface area contributed by atoms with Gasteiger partial charge in [0.25, 0.3) is 5.91 Å². The number of unbranched alkanes of at least 4 members (excludes halogenated alkanes) is 1. The van der Waals surface area contributed by atoms with Gasteiger partial charge in [-0.05, 0) is 113 Å². The van der Waals surface area contributed by atoms with Crippen LogP contribution in [0.15, 0.2) is 11.6 Å². The molecule has 1 amide bonds. The number of likely N-dealkylation sites (tertiary alicyclic amines) is 1. The van der Waals surface area contributed by atoms with Crippen molar-refractivity contribution < 1.29 is 14.3 Å². The van der Waals surface area contributed by atoms with Gasteiger partial charge >= 0.3 is 5.97 Å². The second-order valence-electron chi connectivity index (χ2n) is 13.5. The molecule has 0 aromatic rings. The summed E-state index contributed by atoms with van der Waals surface area (Å²) in [5.41, 5.74) is 2.47. The molecule has 0 aromatic carbocycles. The van der Waals surface area contributed by atoms with Gasteiger partial charge in [0.1, 0.15) is 0 Å². The van der Waals surface area contributed by atoms with E-state index in [1.807, 2.05) is 11.9 Å². The molecule has 1 spiro atoms. The van der Waals surface area contributed by atoms with Gasteiger partial charge < -0.3 is 14.5 Å². The van der Waals surface area contributed by atoms with Crippen molar-refractivity contribution in [1.29, 1.82) is 0 Å². The van der Waals surface area contributed by atoms with E-state index in [0.29, 0.717) is 11.8 Å². The van der Waals surface area contributed by atoms with Crippen LogP contribution in [0.3, 0.4) is 0 Å². The van der Waals surface area contributed by atoms with Gasteiger partial charge in [-0.1, -0.05) is 31.9 Å². The van der Waals surface area contributed by atoms with Crippen LogP contribution in [0.4, 0.5) is 0 Å². The first-order valence-electron chi connectivity index (χ1n) is 15.0. The zero-order valence-corrected chi connectivity index (χ0v) is 23.7. The average Bonchev–Trinajstić information content (AvgIpc) is 3.33. The second-order valence-corrected chi connectivity index (χ2v) is 13.5. The van der Waals surface area contributed by atoms with E-state index in [-0.39, 0.29) is 23.3 Å². The van der Waals surface area contributed by atoms with Gasteiger partial charge in [0.15, 0.2) is 6.10 Å². The molecule has 0 radical (unpaired) electrons. The fourth-order valence-electron chi connectivity index (χ4n) is 10.0. The summed E-state index contributed by atoms with van der Waals surface area (Å²) in [6.45, 7) is 9.86. The van der Waals surface area contributed by atoms with Crippen molar-refractivity contribution in [3.05, 3.63) is 11.6 Å². The Morgan fingerprint density at radius 3 is 2.64 bits per heavy atom. The molecule has 5 rings (SSSR count). The molecule has 1 saturated heterocycles. The molecule has 0 aromatic heterocycles. The first kappa shape index (κ1) is 26.3. The molecule has 4 aliphatic carbocycles. The molecule has 5 heteroatoms. The summed E-state index contributed by atoms with van der Waals surface area (Å²) in [6, 6.07) is 0.955. The summed E-state index contributed by atoms with van der Waals surface area (Å²) in [5.74, 6) is 3.07. The van der Waals surface area contributed by atoms with Crippen LogP contribution in [-0.2, 0) is 14.3 Å². The molecule has 5 nitrogen and oxygen atoms in total.